The molecule has 0 bridgehead atoms. The Balaban J connectivity index is 2.18. The van der Waals surface area contributed by atoms with Crippen LogP contribution in [0.25, 0.3) is 0 Å². The molecule has 2 N–H and O–H groups in total. The molecule has 0 fully saturated rings. The summed E-state index contributed by atoms with van der Waals surface area (Å²) >= 11 is 5.05. The van der Waals surface area contributed by atoms with Crippen LogP contribution in [0.3, 0.4) is 0 Å². The Bertz CT molecular complexity index is 613. The van der Waals surface area contributed by atoms with Crippen molar-refractivity contribution in [3.8, 4) is 0 Å². The van der Waals surface area contributed by atoms with Crippen molar-refractivity contribution in [2.75, 3.05) is 6.54 Å². The zero-order valence-electron chi connectivity index (χ0n) is 12.1. The van der Waals surface area contributed by atoms with Gasteiger partial charge in [-0.1, -0.05) is 49.5 Å². The lowest BCUT2D eigenvalue weighted by Gasteiger charge is -2.22. The highest BCUT2D eigenvalue weighted by Gasteiger charge is 2.11. The van der Waals surface area contributed by atoms with E-state index in [1.807, 2.05) is 18.2 Å². The first kappa shape index (κ1) is 15.6. The summed E-state index contributed by atoms with van der Waals surface area (Å²) in [5, 5.41) is 0. The normalized spacial score (nSPS) is 10.8. The minimum atomic E-state index is -0.263. The Morgan fingerprint density at radius 3 is 2.48 bits per heavy atom. The molecule has 21 heavy (non-hydrogen) atoms. The Labute approximate surface area is 130 Å². The number of hydrogen-bond donors (Lipinski definition) is 1. The van der Waals surface area contributed by atoms with E-state index in [9.17, 15) is 4.39 Å². The molecule has 0 spiro atoms. The summed E-state index contributed by atoms with van der Waals surface area (Å²) in [7, 11) is 0. The van der Waals surface area contributed by atoms with Gasteiger partial charge >= 0.3 is 0 Å². The van der Waals surface area contributed by atoms with Crippen molar-refractivity contribution in [1.29, 1.82) is 0 Å². The number of nitrogens with zero attached hydrogens (tertiary/aromatic N) is 1. The predicted molar refractivity (Wildman–Crippen MR) is 88.5 cm³/mol. The largest absolute Gasteiger partial charge is 0.389 e. The van der Waals surface area contributed by atoms with Gasteiger partial charge in [0, 0.05) is 18.7 Å². The lowest BCUT2D eigenvalue weighted by molar-refractivity contribution is 0.271. The molecule has 0 amide bonds. The van der Waals surface area contributed by atoms with Crippen LogP contribution in [0.1, 0.15) is 23.6 Å². The first-order chi connectivity index (χ1) is 10.1. The van der Waals surface area contributed by atoms with Gasteiger partial charge in [-0.05, 0) is 35.9 Å². The van der Waals surface area contributed by atoms with Crippen LogP contribution in [0.2, 0.25) is 0 Å². The van der Waals surface area contributed by atoms with E-state index in [-0.39, 0.29) is 5.82 Å². The lowest BCUT2D eigenvalue weighted by Crippen LogP contribution is -2.24. The van der Waals surface area contributed by atoms with Gasteiger partial charge in [0.1, 0.15) is 10.8 Å². The molecule has 0 aliphatic heterocycles. The van der Waals surface area contributed by atoms with Gasteiger partial charge in [0.25, 0.3) is 0 Å². The molecule has 0 aliphatic carbocycles. The highest BCUT2D eigenvalue weighted by Crippen LogP contribution is 2.16. The van der Waals surface area contributed by atoms with Gasteiger partial charge in [-0.25, -0.2) is 4.39 Å². The van der Waals surface area contributed by atoms with Crippen LogP contribution in [-0.2, 0) is 13.1 Å². The third-order valence-electron chi connectivity index (χ3n) is 3.42. The Morgan fingerprint density at radius 1 is 1.14 bits per heavy atom. The molecule has 0 aromatic heterocycles. The fourth-order valence-corrected chi connectivity index (χ4v) is 2.49. The second-order valence-corrected chi connectivity index (χ2v) is 5.39. The van der Waals surface area contributed by atoms with Crippen LogP contribution >= 0.6 is 12.2 Å². The maximum absolute atomic E-state index is 13.5. The molecule has 0 atom stereocenters. The summed E-state index contributed by atoms with van der Waals surface area (Å²) in [6.07, 6.45) is 0. The second kappa shape index (κ2) is 7.29. The predicted octanol–water partition coefficient (Wildman–Crippen LogP) is 3.48. The molecule has 0 saturated heterocycles. The molecule has 2 nitrogen and oxygen atoms in total. The van der Waals surface area contributed by atoms with Gasteiger partial charge in [-0.15, -0.1) is 0 Å². The van der Waals surface area contributed by atoms with Crippen LogP contribution < -0.4 is 5.73 Å². The second-order valence-electron chi connectivity index (χ2n) is 4.95. The highest BCUT2D eigenvalue weighted by molar-refractivity contribution is 7.80. The Morgan fingerprint density at radius 2 is 1.86 bits per heavy atom. The van der Waals surface area contributed by atoms with Crippen molar-refractivity contribution in [2.24, 2.45) is 5.73 Å². The number of thiocarbonyl (C=S) groups is 1. The average Bonchev–Trinajstić information content (AvgIpc) is 2.47. The third kappa shape index (κ3) is 4.34. The quantitative estimate of drug-likeness (QED) is 0.828. The first-order valence-electron chi connectivity index (χ1n) is 6.94. The fraction of sp³-hybridized carbons (Fsp3) is 0.235. The van der Waals surface area contributed by atoms with E-state index in [0.29, 0.717) is 11.5 Å². The van der Waals surface area contributed by atoms with Crippen LogP contribution in [0.15, 0.2) is 48.5 Å². The van der Waals surface area contributed by atoms with Gasteiger partial charge in [0.15, 0.2) is 0 Å². The molecule has 110 valence electrons. The maximum atomic E-state index is 13.5. The molecule has 0 aliphatic rings. The van der Waals surface area contributed by atoms with E-state index < -0.39 is 0 Å². The van der Waals surface area contributed by atoms with Crippen LogP contribution in [0.5, 0.6) is 0 Å². The van der Waals surface area contributed by atoms with Crippen molar-refractivity contribution in [3.63, 3.8) is 0 Å². The topological polar surface area (TPSA) is 29.3 Å². The number of nitrogens with two attached hydrogens (primary N) is 1. The molecule has 2 rings (SSSR count). The van der Waals surface area contributed by atoms with Gasteiger partial charge in [-0.3, -0.25) is 4.90 Å². The lowest BCUT2D eigenvalue weighted by atomic mass is 10.1. The zero-order chi connectivity index (χ0) is 15.2. The van der Waals surface area contributed by atoms with Gasteiger partial charge < -0.3 is 5.73 Å². The number of benzene rings is 2. The van der Waals surface area contributed by atoms with Crippen LogP contribution in [0, 0.1) is 5.82 Å². The van der Waals surface area contributed by atoms with Crippen molar-refractivity contribution >= 4 is 17.2 Å². The Kier molecular flexibility index (Phi) is 5.42. The molecule has 0 unspecified atom stereocenters. The maximum Gasteiger partial charge on any atom is 0.123 e. The SMILES string of the molecule is CCN(Cc1ccccc1)Cc1cc(F)ccc1C(N)=S. The van der Waals surface area contributed by atoms with Crippen molar-refractivity contribution in [3.05, 3.63) is 71.0 Å². The molecular weight excluding hydrogens is 283 g/mol. The summed E-state index contributed by atoms with van der Waals surface area (Å²) < 4.78 is 13.5. The minimum absolute atomic E-state index is 0.263. The smallest absolute Gasteiger partial charge is 0.123 e. The number of halogens is 1. The summed E-state index contributed by atoms with van der Waals surface area (Å²) in [6.45, 7) is 4.38. The molecule has 4 heteroatoms. The third-order valence-corrected chi connectivity index (χ3v) is 3.64. The van der Waals surface area contributed by atoms with Crippen molar-refractivity contribution < 1.29 is 4.39 Å². The number of hydrogen-bond acceptors (Lipinski definition) is 2. The van der Waals surface area contributed by atoms with E-state index in [4.69, 9.17) is 18.0 Å². The van der Waals surface area contributed by atoms with E-state index in [1.165, 1.54) is 17.7 Å². The average molecular weight is 302 g/mol. The molecular formula is C17H19FN2S. The minimum Gasteiger partial charge on any atom is -0.389 e. The van der Waals surface area contributed by atoms with E-state index in [0.717, 1.165) is 24.2 Å². The molecule has 0 radical (unpaired) electrons. The molecule has 0 heterocycles. The van der Waals surface area contributed by atoms with Crippen molar-refractivity contribution in [1.82, 2.24) is 4.90 Å². The monoisotopic (exact) mass is 302 g/mol. The first-order valence-corrected chi connectivity index (χ1v) is 7.35. The van der Waals surface area contributed by atoms with Crippen LogP contribution in [-0.4, -0.2) is 16.4 Å². The zero-order valence-corrected chi connectivity index (χ0v) is 12.9. The molecule has 2 aromatic carbocycles. The van der Waals surface area contributed by atoms with Gasteiger partial charge in [0.05, 0.1) is 0 Å². The Hall–Kier alpha value is -1.78. The van der Waals surface area contributed by atoms with Gasteiger partial charge in [0.2, 0.25) is 0 Å². The van der Waals surface area contributed by atoms with Gasteiger partial charge in [-0.2, -0.15) is 0 Å². The van der Waals surface area contributed by atoms with Crippen LogP contribution in [0.4, 0.5) is 4.39 Å². The fourth-order valence-electron chi connectivity index (χ4n) is 2.30. The summed E-state index contributed by atoms with van der Waals surface area (Å²) in [5.74, 6) is -0.263. The van der Waals surface area contributed by atoms with E-state index in [2.05, 4.69) is 24.0 Å². The summed E-state index contributed by atoms with van der Waals surface area (Å²) in [4.78, 5) is 2.53. The molecule has 0 saturated carbocycles. The van der Waals surface area contributed by atoms with E-state index in [1.54, 1.807) is 6.07 Å². The summed E-state index contributed by atoms with van der Waals surface area (Å²) in [6, 6.07) is 14.8. The van der Waals surface area contributed by atoms with E-state index >= 15 is 0 Å². The van der Waals surface area contributed by atoms with Crippen molar-refractivity contribution in [2.45, 2.75) is 20.0 Å². The number of rotatable bonds is 6. The summed E-state index contributed by atoms with van der Waals surface area (Å²) in [5.41, 5.74) is 8.54. The standard InChI is InChI=1S/C17H19FN2S/c1-2-20(11-13-6-4-3-5-7-13)12-14-10-15(18)8-9-16(14)17(19)21/h3-10H,2,11-12H2,1H3,(H2,19,21). The molecule has 2 aromatic rings. The highest BCUT2D eigenvalue weighted by atomic mass is 32.1.